The van der Waals surface area contributed by atoms with Crippen LogP contribution in [0.15, 0.2) is 42.0 Å². The van der Waals surface area contributed by atoms with E-state index in [2.05, 4.69) is 40.6 Å². The lowest BCUT2D eigenvalue weighted by Gasteiger charge is -2.05. The summed E-state index contributed by atoms with van der Waals surface area (Å²) in [5, 5.41) is 7.85. The van der Waals surface area contributed by atoms with E-state index in [0.717, 1.165) is 18.6 Å². The van der Waals surface area contributed by atoms with E-state index < -0.39 is 0 Å². The van der Waals surface area contributed by atoms with Gasteiger partial charge >= 0.3 is 0 Å². The summed E-state index contributed by atoms with van der Waals surface area (Å²) in [5.41, 5.74) is 6.52. The van der Waals surface area contributed by atoms with E-state index in [1.54, 1.807) is 6.08 Å². The maximum atomic E-state index is 5.08. The Morgan fingerprint density at radius 1 is 1.41 bits per heavy atom. The highest BCUT2D eigenvalue weighted by atomic mass is 32.1. The van der Waals surface area contributed by atoms with Gasteiger partial charge in [0.2, 0.25) is 0 Å². The normalized spacial score (nSPS) is 15.4. The van der Waals surface area contributed by atoms with Crippen molar-refractivity contribution in [2.24, 2.45) is 5.10 Å². The number of aryl methyl sites for hydroxylation is 1. The molecule has 2 rings (SSSR count). The maximum Gasteiger partial charge on any atom is 0.187 e. The molecule has 4 heteroatoms. The van der Waals surface area contributed by atoms with E-state index in [1.165, 1.54) is 11.1 Å². The van der Waals surface area contributed by atoms with Gasteiger partial charge in [0.15, 0.2) is 5.11 Å². The lowest BCUT2D eigenvalue weighted by Crippen LogP contribution is -2.32. The summed E-state index contributed by atoms with van der Waals surface area (Å²) < 4.78 is 0. The second kappa shape index (κ2) is 5.59. The molecule has 1 aliphatic carbocycles. The monoisotopic (exact) mass is 245 g/mol. The Morgan fingerprint density at radius 3 is 3.06 bits per heavy atom. The Kier molecular flexibility index (Phi) is 3.88. The summed E-state index contributed by atoms with van der Waals surface area (Å²) in [6, 6.07) is 8.34. The number of nitrogens with zero attached hydrogens (tertiary/aromatic N) is 1. The standard InChI is InChI=1S/C13H15N3S/c1-2-9-14-13(17)16-15-12-8-7-10-5-3-4-6-11(10)12/h2-6H,1,7-9H2,(H2,14,16,17)/b15-12+. The Balaban J connectivity index is 2.00. The van der Waals surface area contributed by atoms with Crippen molar-refractivity contribution in [3.05, 3.63) is 48.0 Å². The minimum Gasteiger partial charge on any atom is -0.358 e. The zero-order valence-electron chi connectivity index (χ0n) is 9.57. The fourth-order valence-electron chi connectivity index (χ4n) is 1.85. The van der Waals surface area contributed by atoms with Crippen LogP contribution in [0.5, 0.6) is 0 Å². The molecule has 1 aromatic carbocycles. The van der Waals surface area contributed by atoms with Crippen LogP contribution < -0.4 is 10.7 Å². The molecule has 1 aromatic rings. The van der Waals surface area contributed by atoms with Crippen molar-refractivity contribution >= 4 is 23.0 Å². The number of hydrogen-bond donors (Lipinski definition) is 2. The minimum absolute atomic E-state index is 0.529. The zero-order chi connectivity index (χ0) is 12.1. The van der Waals surface area contributed by atoms with Gasteiger partial charge in [0.25, 0.3) is 0 Å². The highest BCUT2D eigenvalue weighted by Crippen LogP contribution is 2.21. The molecule has 0 atom stereocenters. The predicted molar refractivity (Wildman–Crippen MR) is 75.2 cm³/mol. The van der Waals surface area contributed by atoms with Crippen LogP contribution in [-0.4, -0.2) is 17.4 Å². The Labute approximate surface area is 107 Å². The molecule has 0 aliphatic heterocycles. The highest BCUT2D eigenvalue weighted by Gasteiger charge is 2.16. The lowest BCUT2D eigenvalue weighted by molar-refractivity contribution is 0.930. The van der Waals surface area contributed by atoms with E-state index in [0.29, 0.717) is 11.7 Å². The first kappa shape index (κ1) is 11.8. The van der Waals surface area contributed by atoms with Crippen LogP contribution in [0.25, 0.3) is 0 Å². The van der Waals surface area contributed by atoms with Crippen LogP contribution in [-0.2, 0) is 6.42 Å². The molecule has 2 N–H and O–H groups in total. The van der Waals surface area contributed by atoms with Crippen molar-refractivity contribution in [1.82, 2.24) is 10.7 Å². The van der Waals surface area contributed by atoms with Crippen LogP contribution in [0.4, 0.5) is 0 Å². The highest BCUT2D eigenvalue weighted by molar-refractivity contribution is 7.80. The molecule has 1 aliphatic rings. The second-order valence-corrected chi connectivity index (χ2v) is 4.23. The minimum atomic E-state index is 0.529. The summed E-state index contributed by atoms with van der Waals surface area (Å²) in [6.07, 6.45) is 3.78. The zero-order valence-corrected chi connectivity index (χ0v) is 10.4. The van der Waals surface area contributed by atoms with Crippen LogP contribution >= 0.6 is 12.2 Å². The number of hydrazone groups is 1. The average molecular weight is 245 g/mol. The van der Waals surface area contributed by atoms with Crippen LogP contribution in [0.1, 0.15) is 17.5 Å². The molecule has 0 fully saturated rings. The number of rotatable bonds is 3. The van der Waals surface area contributed by atoms with Gasteiger partial charge in [-0.05, 0) is 30.6 Å². The topological polar surface area (TPSA) is 36.4 Å². The average Bonchev–Trinajstić information content (AvgIpc) is 2.77. The molecule has 0 spiro atoms. The Bertz CT molecular complexity index is 465. The second-order valence-electron chi connectivity index (χ2n) is 3.83. The smallest absolute Gasteiger partial charge is 0.187 e. The summed E-state index contributed by atoms with van der Waals surface area (Å²) in [4.78, 5) is 0. The van der Waals surface area contributed by atoms with Crippen LogP contribution in [0, 0.1) is 0 Å². The molecule has 0 amide bonds. The van der Waals surface area contributed by atoms with E-state index in [-0.39, 0.29) is 0 Å². The van der Waals surface area contributed by atoms with Gasteiger partial charge < -0.3 is 5.32 Å². The molecule has 0 radical (unpaired) electrons. The van der Waals surface area contributed by atoms with Gasteiger partial charge in [0.05, 0.1) is 5.71 Å². The quantitative estimate of drug-likeness (QED) is 0.486. The fourth-order valence-corrected chi connectivity index (χ4v) is 1.98. The molecule has 3 nitrogen and oxygen atoms in total. The molecule has 17 heavy (non-hydrogen) atoms. The summed E-state index contributed by atoms with van der Waals surface area (Å²) in [7, 11) is 0. The first-order valence-electron chi connectivity index (χ1n) is 5.61. The Hall–Kier alpha value is -1.68. The van der Waals surface area contributed by atoms with Gasteiger partial charge in [-0.2, -0.15) is 5.10 Å². The van der Waals surface area contributed by atoms with Gasteiger partial charge in [0, 0.05) is 12.1 Å². The van der Waals surface area contributed by atoms with Crippen molar-refractivity contribution < 1.29 is 0 Å². The summed E-state index contributed by atoms with van der Waals surface area (Å²) in [5.74, 6) is 0. The molecule has 0 bridgehead atoms. The molecular weight excluding hydrogens is 230 g/mol. The number of thiocarbonyl (C=S) groups is 1. The summed E-state index contributed by atoms with van der Waals surface area (Å²) >= 11 is 5.08. The lowest BCUT2D eigenvalue weighted by atomic mass is 10.1. The molecule has 0 unspecified atom stereocenters. The first-order valence-corrected chi connectivity index (χ1v) is 6.01. The maximum absolute atomic E-state index is 5.08. The third kappa shape index (κ3) is 2.91. The third-order valence-electron chi connectivity index (χ3n) is 2.66. The van der Waals surface area contributed by atoms with E-state index in [1.807, 2.05) is 6.07 Å². The van der Waals surface area contributed by atoms with E-state index in [4.69, 9.17) is 12.2 Å². The van der Waals surface area contributed by atoms with Gasteiger partial charge in [-0.15, -0.1) is 6.58 Å². The van der Waals surface area contributed by atoms with Gasteiger partial charge in [-0.3, -0.25) is 5.43 Å². The van der Waals surface area contributed by atoms with Crippen molar-refractivity contribution in [3.8, 4) is 0 Å². The van der Waals surface area contributed by atoms with Crippen molar-refractivity contribution in [1.29, 1.82) is 0 Å². The van der Waals surface area contributed by atoms with Crippen molar-refractivity contribution in [2.75, 3.05) is 6.54 Å². The number of fused-ring (bicyclic) bond motifs is 1. The van der Waals surface area contributed by atoms with Gasteiger partial charge in [-0.1, -0.05) is 30.3 Å². The van der Waals surface area contributed by atoms with Crippen LogP contribution in [0.3, 0.4) is 0 Å². The molecular formula is C13H15N3S. The number of benzene rings is 1. The van der Waals surface area contributed by atoms with Gasteiger partial charge in [-0.25, -0.2) is 0 Å². The fraction of sp³-hybridized carbons (Fsp3) is 0.231. The van der Waals surface area contributed by atoms with Crippen molar-refractivity contribution in [2.45, 2.75) is 12.8 Å². The van der Waals surface area contributed by atoms with E-state index >= 15 is 0 Å². The van der Waals surface area contributed by atoms with Crippen molar-refractivity contribution in [3.63, 3.8) is 0 Å². The number of hydrogen-bond acceptors (Lipinski definition) is 2. The third-order valence-corrected chi connectivity index (χ3v) is 2.89. The largest absolute Gasteiger partial charge is 0.358 e. The van der Waals surface area contributed by atoms with Crippen LogP contribution in [0.2, 0.25) is 0 Å². The molecule has 0 saturated heterocycles. The molecule has 88 valence electrons. The first-order chi connectivity index (χ1) is 8.31. The molecule has 0 saturated carbocycles. The van der Waals surface area contributed by atoms with Gasteiger partial charge in [0.1, 0.15) is 0 Å². The molecule has 0 aromatic heterocycles. The van der Waals surface area contributed by atoms with E-state index in [9.17, 15) is 0 Å². The number of nitrogens with one attached hydrogen (secondary N) is 2. The predicted octanol–water partition coefficient (Wildman–Crippen LogP) is 1.99. The summed E-state index contributed by atoms with van der Waals surface area (Å²) in [6.45, 7) is 4.26. The molecule has 0 heterocycles. The SMILES string of the molecule is C=CCNC(=S)N/N=C1\CCc2ccccc21. The Morgan fingerprint density at radius 2 is 2.24 bits per heavy atom.